The zero-order valence-corrected chi connectivity index (χ0v) is 17.6. The van der Waals surface area contributed by atoms with Crippen molar-refractivity contribution in [3.63, 3.8) is 0 Å². The number of ether oxygens (including phenoxy) is 1. The van der Waals surface area contributed by atoms with Crippen LogP contribution in [-0.2, 0) is 16.0 Å². The fourth-order valence-electron chi connectivity index (χ4n) is 2.79. The standard InChI is InChI=1S/C23H20ClNO3S/c1-3-15-4-9-17(10-5-15)19-14-29-22(21(19)23(27)28-2)25-20(26)13-8-16-6-11-18(24)12-7-16/h4-14H,3H2,1-2H3,(H,25,26)/b13-8+. The minimum absolute atomic E-state index is 0.333. The molecule has 1 aromatic heterocycles. The number of amides is 1. The van der Waals surface area contributed by atoms with E-state index in [1.54, 1.807) is 18.2 Å². The molecule has 0 bridgehead atoms. The lowest BCUT2D eigenvalue weighted by Crippen LogP contribution is -2.11. The molecule has 29 heavy (non-hydrogen) atoms. The van der Waals surface area contributed by atoms with Crippen LogP contribution >= 0.6 is 22.9 Å². The number of methoxy groups -OCH3 is 1. The highest BCUT2D eigenvalue weighted by Crippen LogP contribution is 2.36. The number of hydrogen-bond acceptors (Lipinski definition) is 4. The van der Waals surface area contributed by atoms with Crippen LogP contribution in [0, 0.1) is 0 Å². The second-order valence-corrected chi connectivity index (χ2v) is 7.59. The smallest absolute Gasteiger partial charge is 0.341 e. The molecule has 0 aliphatic carbocycles. The molecule has 0 fully saturated rings. The maximum atomic E-state index is 12.4. The number of halogens is 1. The number of carbonyl (C=O) groups excluding carboxylic acids is 2. The minimum atomic E-state index is -0.488. The molecule has 3 rings (SSSR count). The van der Waals surface area contributed by atoms with Gasteiger partial charge in [-0.25, -0.2) is 4.79 Å². The number of hydrogen-bond donors (Lipinski definition) is 1. The Balaban J connectivity index is 1.84. The second kappa shape index (κ2) is 9.54. The quantitative estimate of drug-likeness (QED) is 0.385. The van der Waals surface area contributed by atoms with E-state index in [0.717, 1.165) is 23.1 Å². The second-order valence-electron chi connectivity index (χ2n) is 6.27. The summed E-state index contributed by atoms with van der Waals surface area (Å²) < 4.78 is 4.95. The van der Waals surface area contributed by atoms with Gasteiger partial charge < -0.3 is 10.1 Å². The maximum absolute atomic E-state index is 12.4. The number of thiophene rings is 1. The Hall–Kier alpha value is -2.89. The summed E-state index contributed by atoms with van der Waals surface area (Å²) in [5, 5.41) is 5.73. The Morgan fingerprint density at radius 3 is 2.41 bits per heavy atom. The average Bonchev–Trinajstić information content (AvgIpc) is 3.16. The van der Waals surface area contributed by atoms with Crippen LogP contribution in [0.15, 0.2) is 60.0 Å². The predicted molar refractivity (Wildman–Crippen MR) is 120 cm³/mol. The normalized spacial score (nSPS) is 10.9. The molecule has 148 valence electrons. The third-order valence-corrected chi connectivity index (χ3v) is 5.54. The van der Waals surface area contributed by atoms with Crippen LogP contribution < -0.4 is 5.32 Å². The summed E-state index contributed by atoms with van der Waals surface area (Å²) in [5.74, 6) is -0.822. The summed E-state index contributed by atoms with van der Waals surface area (Å²) in [6.45, 7) is 2.09. The third-order valence-electron chi connectivity index (χ3n) is 4.39. The number of esters is 1. The van der Waals surface area contributed by atoms with Crippen molar-refractivity contribution in [3.8, 4) is 11.1 Å². The first kappa shape index (κ1) is 20.8. The van der Waals surface area contributed by atoms with E-state index < -0.39 is 5.97 Å². The van der Waals surface area contributed by atoms with Crippen LogP contribution in [0.5, 0.6) is 0 Å². The van der Waals surface area contributed by atoms with Crippen LogP contribution in [0.3, 0.4) is 0 Å². The van der Waals surface area contributed by atoms with Crippen molar-refractivity contribution in [2.45, 2.75) is 13.3 Å². The van der Waals surface area contributed by atoms with E-state index >= 15 is 0 Å². The van der Waals surface area contributed by atoms with Gasteiger partial charge in [-0.2, -0.15) is 0 Å². The zero-order valence-electron chi connectivity index (χ0n) is 16.1. The third kappa shape index (κ3) is 5.13. The topological polar surface area (TPSA) is 55.4 Å². The molecule has 0 aliphatic rings. The highest BCUT2D eigenvalue weighted by molar-refractivity contribution is 7.15. The molecule has 3 aromatic rings. The molecule has 0 unspecified atom stereocenters. The highest BCUT2D eigenvalue weighted by atomic mass is 35.5. The lowest BCUT2D eigenvalue weighted by Gasteiger charge is -2.07. The highest BCUT2D eigenvalue weighted by Gasteiger charge is 2.21. The molecular weight excluding hydrogens is 406 g/mol. The van der Waals surface area contributed by atoms with Gasteiger partial charge in [-0.15, -0.1) is 11.3 Å². The van der Waals surface area contributed by atoms with E-state index in [1.807, 2.05) is 41.8 Å². The molecule has 2 aromatic carbocycles. The lowest BCUT2D eigenvalue weighted by atomic mass is 10.0. The molecule has 0 saturated heterocycles. The Labute approximate surface area is 178 Å². The van der Waals surface area contributed by atoms with Gasteiger partial charge in [0.25, 0.3) is 0 Å². The first-order valence-electron chi connectivity index (χ1n) is 9.05. The molecule has 0 spiro atoms. The molecule has 0 atom stereocenters. The van der Waals surface area contributed by atoms with Gasteiger partial charge in [0.15, 0.2) is 0 Å². The molecule has 4 nitrogen and oxygen atoms in total. The largest absolute Gasteiger partial charge is 0.465 e. The first-order valence-corrected chi connectivity index (χ1v) is 10.3. The number of carbonyl (C=O) groups is 2. The Morgan fingerprint density at radius 1 is 1.10 bits per heavy atom. The zero-order chi connectivity index (χ0) is 20.8. The van der Waals surface area contributed by atoms with Crippen molar-refractivity contribution in [2.75, 3.05) is 12.4 Å². The minimum Gasteiger partial charge on any atom is -0.465 e. The van der Waals surface area contributed by atoms with E-state index in [4.69, 9.17) is 16.3 Å². The number of anilines is 1. The van der Waals surface area contributed by atoms with Crippen molar-refractivity contribution in [1.82, 2.24) is 0 Å². The SMILES string of the molecule is CCc1ccc(-c2csc(NC(=O)/C=C/c3ccc(Cl)cc3)c2C(=O)OC)cc1. The van der Waals surface area contributed by atoms with Crippen LogP contribution in [0.25, 0.3) is 17.2 Å². The average molecular weight is 426 g/mol. The van der Waals surface area contributed by atoms with Crippen LogP contribution in [0.4, 0.5) is 5.00 Å². The maximum Gasteiger partial charge on any atom is 0.341 e. The fourth-order valence-corrected chi connectivity index (χ4v) is 3.87. The lowest BCUT2D eigenvalue weighted by molar-refractivity contribution is -0.111. The number of nitrogens with one attached hydrogen (secondary N) is 1. The van der Waals surface area contributed by atoms with Gasteiger partial charge in [-0.3, -0.25) is 4.79 Å². The first-order chi connectivity index (χ1) is 14.0. The van der Waals surface area contributed by atoms with Crippen molar-refractivity contribution in [2.24, 2.45) is 0 Å². The number of rotatable bonds is 6. The monoisotopic (exact) mass is 425 g/mol. The van der Waals surface area contributed by atoms with Gasteiger partial charge in [-0.05, 0) is 41.3 Å². The summed E-state index contributed by atoms with van der Waals surface area (Å²) in [6.07, 6.45) is 4.04. The summed E-state index contributed by atoms with van der Waals surface area (Å²) in [4.78, 5) is 24.8. The predicted octanol–water partition coefficient (Wildman–Crippen LogP) is 6.07. The molecule has 0 radical (unpaired) electrons. The van der Waals surface area contributed by atoms with Crippen molar-refractivity contribution in [3.05, 3.63) is 81.7 Å². The van der Waals surface area contributed by atoms with Gasteiger partial charge in [0, 0.05) is 22.0 Å². The summed E-state index contributed by atoms with van der Waals surface area (Å²) in [6, 6.07) is 15.1. The summed E-state index contributed by atoms with van der Waals surface area (Å²) in [7, 11) is 1.33. The van der Waals surface area contributed by atoms with Gasteiger partial charge in [-0.1, -0.05) is 54.9 Å². The van der Waals surface area contributed by atoms with E-state index in [0.29, 0.717) is 15.6 Å². The molecule has 1 N–H and O–H groups in total. The van der Waals surface area contributed by atoms with Gasteiger partial charge in [0.05, 0.1) is 7.11 Å². The molecular formula is C23H20ClNO3S. The summed E-state index contributed by atoms with van der Waals surface area (Å²) >= 11 is 7.16. The molecule has 1 heterocycles. The Morgan fingerprint density at radius 2 is 1.79 bits per heavy atom. The number of aryl methyl sites for hydroxylation is 1. The van der Waals surface area contributed by atoms with E-state index in [9.17, 15) is 9.59 Å². The van der Waals surface area contributed by atoms with Gasteiger partial charge in [0.1, 0.15) is 10.6 Å². The molecule has 0 aliphatic heterocycles. The van der Waals surface area contributed by atoms with Crippen LogP contribution in [-0.4, -0.2) is 19.0 Å². The fraction of sp³-hybridized carbons (Fsp3) is 0.130. The molecule has 6 heteroatoms. The van der Waals surface area contributed by atoms with Crippen molar-refractivity contribution in [1.29, 1.82) is 0 Å². The molecule has 0 saturated carbocycles. The van der Waals surface area contributed by atoms with Gasteiger partial charge in [0.2, 0.25) is 5.91 Å². The number of benzene rings is 2. The summed E-state index contributed by atoms with van der Waals surface area (Å²) in [5.41, 5.74) is 4.05. The van der Waals surface area contributed by atoms with E-state index in [2.05, 4.69) is 12.2 Å². The van der Waals surface area contributed by atoms with E-state index in [-0.39, 0.29) is 5.91 Å². The van der Waals surface area contributed by atoms with Crippen LogP contribution in [0.1, 0.15) is 28.4 Å². The molecule has 1 amide bonds. The Bertz CT molecular complexity index is 1040. The van der Waals surface area contributed by atoms with Gasteiger partial charge >= 0.3 is 5.97 Å². The van der Waals surface area contributed by atoms with Crippen molar-refractivity contribution < 1.29 is 14.3 Å². The van der Waals surface area contributed by atoms with Crippen LogP contribution in [0.2, 0.25) is 5.02 Å². The van der Waals surface area contributed by atoms with E-state index in [1.165, 1.54) is 30.1 Å². The Kier molecular flexibility index (Phi) is 6.86. The van der Waals surface area contributed by atoms with Crippen molar-refractivity contribution >= 4 is 45.9 Å².